The van der Waals surface area contributed by atoms with Gasteiger partial charge in [-0.05, 0) is 54.8 Å². The van der Waals surface area contributed by atoms with Gasteiger partial charge in [-0.25, -0.2) is 0 Å². The van der Waals surface area contributed by atoms with Gasteiger partial charge in [0.1, 0.15) is 22.8 Å². The summed E-state index contributed by atoms with van der Waals surface area (Å²) >= 11 is 0. The molecular weight excluding hydrogens is 615 g/mol. The van der Waals surface area contributed by atoms with Crippen molar-refractivity contribution in [3.05, 3.63) is 69.7 Å². The second-order valence-corrected chi connectivity index (χ2v) is 12.5. The predicted octanol–water partition coefficient (Wildman–Crippen LogP) is -1.08. The van der Waals surface area contributed by atoms with Gasteiger partial charge in [-0.2, -0.15) is 0 Å². The highest BCUT2D eigenvalue weighted by molar-refractivity contribution is 6.61. The standard InChI is InChI=1S/C31H33BN4O11/c1-11-14-6-7-16(34-9-17(37)35-13-5-4-12-10-47-32(46)15(12)8-13)24(38)19(14)25(39)20-18(11)26(40)22-23(36(2)3)27(41)21(30(33)44)29(43)31(22,45)28(20)42/h4-8,11,18,22-23,26,34,38,40-42,45-46H,9-10H2,1-3H3,(H2,33,44)(H,35,37)/t11-,18+,22+,23-,26-,31-/m0/s1. The summed E-state index contributed by atoms with van der Waals surface area (Å²) in [5, 5.41) is 72.6. The lowest BCUT2D eigenvalue weighted by Gasteiger charge is -2.53. The Bertz CT molecular complexity index is 1820. The van der Waals surface area contributed by atoms with E-state index in [1.807, 2.05) is 0 Å². The quantitative estimate of drug-likeness (QED) is 0.103. The number of phenols is 1. The number of amides is 2. The third-order valence-electron chi connectivity index (χ3n) is 9.66. The average Bonchev–Trinajstić information content (AvgIpc) is 3.37. The number of aliphatic hydroxyl groups excluding tert-OH is 3. The predicted molar refractivity (Wildman–Crippen MR) is 166 cm³/mol. The molecule has 6 rings (SSSR count). The minimum absolute atomic E-state index is 0.0194. The summed E-state index contributed by atoms with van der Waals surface area (Å²) in [5.41, 5.74) is 2.51. The third kappa shape index (κ3) is 4.63. The third-order valence-corrected chi connectivity index (χ3v) is 9.66. The van der Waals surface area contributed by atoms with E-state index in [2.05, 4.69) is 10.6 Å². The Hall–Kier alpha value is -4.74. The first-order valence-corrected chi connectivity index (χ1v) is 14.8. The molecule has 2 amide bonds. The van der Waals surface area contributed by atoms with Gasteiger partial charge >= 0.3 is 7.12 Å². The number of benzene rings is 2. The van der Waals surface area contributed by atoms with Crippen LogP contribution in [0.1, 0.15) is 34.3 Å². The average molecular weight is 648 g/mol. The molecule has 47 heavy (non-hydrogen) atoms. The summed E-state index contributed by atoms with van der Waals surface area (Å²) in [4.78, 5) is 53.8. The maximum Gasteiger partial charge on any atom is 0.491 e. The number of Topliss-reactive ketones (excluding diaryl/α,β-unsaturated/α-hetero) is 2. The smallest absolute Gasteiger partial charge is 0.491 e. The lowest BCUT2D eigenvalue weighted by molar-refractivity contribution is -0.162. The summed E-state index contributed by atoms with van der Waals surface area (Å²) < 4.78 is 5.16. The van der Waals surface area contributed by atoms with E-state index in [1.165, 1.54) is 31.1 Å². The van der Waals surface area contributed by atoms with Crippen LogP contribution in [0, 0.1) is 11.8 Å². The molecule has 1 aliphatic heterocycles. The number of aromatic hydroxyl groups is 1. The number of likely N-dealkylation sites (N-methyl/N-ethyl adjacent to an activating group) is 1. The Labute approximate surface area is 268 Å². The van der Waals surface area contributed by atoms with Gasteiger partial charge in [0.05, 0.1) is 42.5 Å². The maximum atomic E-state index is 14.0. The van der Waals surface area contributed by atoms with Gasteiger partial charge in [-0.3, -0.25) is 24.1 Å². The molecule has 3 aliphatic carbocycles. The number of nitrogens with zero attached hydrogens (tertiary/aromatic N) is 1. The number of nitrogens with one attached hydrogen (secondary N) is 2. The van der Waals surface area contributed by atoms with Crippen molar-refractivity contribution in [1.29, 1.82) is 0 Å². The topological polar surface area (TPSA) is 252 Å². The van der Waals surface area contributed by atoms with Gasteiger partial charge in [0.25, 0.3) is 5.91 Å². The van der Waals surface area contributed by atoms with Gasteiger partial charge in [0.15, 0.2) is 11.4 Å². The van der Waals surface area contributed by atoms with E-state index in [-0.39, 0.29) is 30.0 Å². The number of hydrogen-bond donors (Lipinski definition) is 9. The summed E-state index contributed by atoms with van der Waals surface area (Å²) in [7, 11) is 1.82. The van der Waals surface area contributed by atoms with E-state index in [4.69, 9.17) is 10.4 Å². The summed E-state index contributed by atoms with van der Waals surface area (Å²) in [5.74, 6) is -10.4. The van der Waals surface area contributed by atoms with Crippen LogP contribution in [0.15, 0.2) is 53.0 Å². The van der Waals surface area contributed by atoms with Gasteiger partial charge in [-0.1, -0.05) is 19.1 Å². The first-order chi connectivity index (χ1) is 22.1. The van der Waals surface area contributed by atoms with Crippen LogP contribution in [0.25, 0.3) is 0 Å². The summed E-state index contributed by atoms with van der Waals surface area (Å²) in [6, 6.07) is 6.53. The van der Waals surface area contributed by atoms with E-state index in [1.54, 1.807) is 25.1 Å². The minimum atomic E-state index is -3.02. The second-order valence-electron chi connectivity index (χ2n) is 12.5. The zero-order valence-corrected chi connectivity index (χ0v) is 25.5. The van der Waals surface area contributed by atoms with Gasteiger partial charge in [0, 0.05) is 17.2 Å². The van der Waals surface area contributed by atoms with Crippen LogP contribution in [0.3, 0.4) is 0 Å². The molecule has 0 fully saturated rings. The summed E-state index contributed by atoms with van der Waals surface area (Å²) in [6.45, 7) is 1.52. The molecule has 4 aliphatic rings. The number of carbonyl (C=O) groups excluding carboxylic acids is 4. The largest absolute Gasteiger partial charge is 0.510 e. The Morgan fingerprint density at radius 1 is 1.15 bits per heavy atom. The molecule has 0 aromatic heterocycles. The van der Waals surface area contributed by atoms with Crippen LogP contribution in [-0.2, 0) is 25.6 Å². The van der Waals surface area contributed by atoms with E-state index < -0.39 is 94.4 Å². The Morgan fingerprint density at radius 3 is 2.51 bits per heavy atom. The first kappa shape index (κ1) is 32.2. The highest BCUT2D eigenvalue weighted by Crippen LogP contribution is 2.56. The number of nitrogens with two attached hydrogens (primary N) is 1. The molecule has 246 valence electrons. The molecule has 2 aromatic rings. The Morgan fingerprint density at radius 2 is 1.85 bits per heavy atom. The molecule has 10 N–H and O–H groups in total. The number of anilines is 2. The number of phenolic OH excluding ortho intramolecular Hbond substituents is 1. The van der Waals surface area contributed by atoms with Crippen molar-refractivity contribution in [3.8, 4) is 5.75 Å². The monoisotopic (exact) mass is 648 g/mol. The molecule has 0 saturated carbocycles. The number of rotatable bonds is 6. The van der Waals surface area contributed by atoms with Gasteiger partial charge in [0.2, 0.25) is 11.7 Å². The zero-order valence-electron chi connectivity index (χ0n) is 25.5. The second kappa shape index (κ2) is 11.2. The van der Waals surface area contributed by atoms with Gasteiger partial charge in [-0.15, -0.1) is 0 Å². The van der Waals surface area contributed by atoms with Gasteiger partial charge < -0.3 is 51.6 Å². The fourth-order valence-electron chi connectivity index (χ4n) is 7.44. The molecule has 6 atom stereocenters. The van der Waals surface area contributed by atoms with Crippen molar-refractivity contribution in [2.45, 2.75) is 37.2 Å². The number of hydrogen-bond acceptors (Lipinski definition) is 13. The molecule has 2 aromatic carbocycles. The lowest BCUT2D eigenvalue weighted by Crippen LogP contribution is -2.68. The molecular formula is C31H33BN4O11. The van der Waals surface area contributed by atoms with Crippen LogP contribution in [0.4, 0.5) is 11.4 Å². The van der Waals surface area contributed by atoms with E-state index in [9.17, 15) is 49.7 Å². The zero-order chi connectivity index (χ0) is 34.3. The van der Waals surface area contributed by atoms with Crippen LogP contribution in [0.5, 0.6) is 5.75 Å². The molecule has 16 heteroatoms. The van der Waals surface area contributed by atoms with Crippen LogP contribution in [0.2, 0.25) is 0 Å². The lowest BCUT2D eigenvalue weighted by atomic mass is 9.55. The number of aliphatic hydroxyl groups is 4. The SMILES string of the molecule is C[C@H]1c2ccc(NCC(=O)Nc3ccc4c(c3)B(O)OC4)c(O)c2C(=O)C2=C(O)[C@]3(O)C(=O)C(C(N)=O)=C(O)[C@@H](N(C)C)[C@@H]3[C@@H](O)[C@@H]21. The van der Waals surface area contributed by atoms with E-state index in [0.717, 1.165) is 5.56 Å². The fourth-order valence-corrected chi connectivity index (χ4v) is 7.44. The number of primary amides is 1. The minimum Gasteiger partial charge on any atom is -0.510 e. The molecule has 1 heterocycles. The van der Waals surface area contributed by atoms with Crippen molar-refractivity contribution in [2.24, 2.45) is 17.6 Å². The van der Waals surface area contributed by atoms with Crippen molar-refractivity contribution < 1.29 is 54.4 Å². The maximum absolute atomic E-state index is 14.0. The molecule has 0 unspecified atom stereocenters. The number of carbonyl (C=O) groups is 4. The first-order valence-electron chi connectivity index (χ1n) is 14.8. The fraction of sp³-hybridized carbons (Fsp3) is 0.355. The number of ketones is 2. The Kier molecular flexibility index (Phi) is 7.68. The highest BCUT2D eigenvalue weighted by atomic mass is 16.5. The van der Waals surface area contributed by atoms with Crippen molar-refractivity contribution in [3.63, 3.8) is 0 Å². The summed E-state index contributed by atoms with van der Waals surface area (Å²) in [6.07, 6.45) is -1.71. The van der Waals surface area contributed by atoms with Crippen molar-refractivity contribution >= 4 is 47.3 Å². The highest BCUT2D eigenvalue weighted by Gasteiger charge is 2.67. The van der Waals surface area contributed by atoms with Crippen LogP contribution >= 0.6 is 0 Å². The normalized spacial score (nSPS) is 28.1. The van der Waals surface area contributed by atoms with E-state index >= 15 is 0 Å². The molecule has 0 radical (unpaired) electrons. The van der Waals surface area contributed by atoms with Crippen molar-refractivity contribution in [1.82, 2.24) is 4.90 Å². The molecule has 0 spiro atoms. The number of fused-ring (bicyclic) bond motifs is 4. The molecule has 0 saturated heterocycles. The van der Waals surface area contributed by atoms with E-state index in [0.29, 0.717) is 11.2 Å². The Balaban J connectivity index is 1.33. The van der Waals surface area contributed by atoms with Crippen LogP contribution < -0.4 is 21.8 Å². The van der Waals surface area contributed by atoms with Crippen LogP contribution in [-0.4, -0.2) is 104 Å². The molecule has 15 nitrogen and oxygen atoms in total. The molecule has 0 bridgehead atoms. The van der Waals surface area contributed by atoms with Crippen molar-refractivity contribution in [2.75, 3.05) is 31.3 Å².